The van der Waals surface area contributed by atoms with Crippen molar-refractivity contribution in [2.75, 3.05) is 6.54 Å². The molecular weight excluding hydrogens is 232 g/mol. The Morgan fingerprint density at radius 3 is 2.79 bits per heavy atom. The number of fused-ring (bicyclic) bond motifs is 1. The number of unbranched alkanes of at least 4 members (excludes halogenated alkanes) is 1. The van der Waals surface area contributed by atoms with Crippen LogP contribution in [0.2, 0.25) is 0 Å². The molecule has 0 saturated heterocycles. The third-order valence-corrected chi connectivity index (χ3v) is 3.60. The average Bonchev–Trinajstić information content (AvgIpc) is 2.45. The predicted octanol–water partition coefficient (Wildman–Crippen LogP) is 3.95. The van der Waals surface area contributed by atoms with E-state index in [1.54, 1.807) is 0 Å². The van der Waals surface area contributed by atoms with Crippen LogP contribution in [0.15, 0.2) is 36.5 Å². The maximum atomic E-state index is 4.44. The minimum Gasteiger partial charge on any atom is -0.314 e. The van der Waals surface area contributed by atoms with Crippen LogP contribution in [0.5, 0.6) is 0 Å². The highest BCUT2D eigenvalue weighted by Crippen LogP contribution is 2.19. The van der Waals surface area contributed by atoms with Gasteiger partial charge in [0.15, 0.2) is 0 Å². The molecule has 1 N–H and O–H groups in total. The van der Waals surface area contributed by atoms with Crippen LogP contribution in [0.1, 0.15) is 38.7 Å². The van der Waals surface area contributed by atoms with Crippen molar-refractivity contribution in [2.24, 2.45) is 0 Å². The van der Waals surface area contributed by atoms with Crippen molar-refractivity contribution in [1.29, 1.82) is 0 Å². The van der Waals surface area contributed by atoms with Crippen LogP contribution >= 0.6 is 0 Å². The molecule has 1 atom stereocenters. The van der Waals surface area contributed by atoms with Gasteiger partial charge in [0.05, 0.1) is 5.52 Å². The van der Waals surface area contributed by atoms with Crippen LogP contribution in [-0.4, -0.2) is 17.6 Å². The van der Waals surface area contributed by atoms with Gasteiger partial charge >= 0.3 is 0 Å². The second kappa shape index (κ2) is 7.25. The van der Waals surface area contributed by atoms with Gasteiger partial charge in [-0.25, -0.2) is 0 Å². The van der Waals surface area contributed by atoms with Crippen LogP contribution in [0.25, 0.3) is 10.9 Å². The number of aromatic nitrogens is 1. The van der Waals surface area contributed by atoms with E-state index in [2.05, 4.69) is 54.5 Å². The zero-order valence-corrected chi connectivity index (χ0v) is 12.0. The van der Waals surface area contributed by atoms with Crippen molar-refractivity contribution >= 4 is 10.9 Å². The van der Waals surface area contributed by atoms with Crippen LogP contribution < -0.4 is 5.32 Å². The molecule has 0 amide bonds. The lowest BCUT2D eigenvalue weighted by Gasteiger charge is -2.18. The molecule has 0 bridgehead atoms. The predicted molar refractivity (Wildman–Crippen MR) is 82.4 cm³/mol. The lowest BCUT2D eigenvalue weighted by atomic mass is 9.98. The Hall–Kier alpha value is -1.41. The lowest BCUT2D eigenvalue weighted by molar-refractivity contribution is 0.474. The Labute approximate surface area is 116 Å². The van der Waals surface area contributed by atoms with E-state index in [-0.39, 0.29) is 0 Å². The molecule has 19 heavy (non-hydrogen) atoms. The molecular formula is C17H24N2. The Balaban J connectivity index is 2.18. The minimum atomic E-state index is 0.579. The molecule has 2 rings (SSSR count). The molecule has 1 unspecified atom stereocenters. The highest BCUT2D eigenvalue weighted by Gasteiger charge is 2.10. The molecule has 0 radical (unpaired) electrons. The van der Waals surface area contributed by atoms with Gasteiger partial charge in [-0.15, -0.1) is 0 Å². The first-order valence-corrected chi connectivity index (χ1v) is 7.41. The second-order valence-electron chi connectivity index (χ2n) is 5.09. The maximum Gasteiger partial charge on any atom is 0.0704 e. The summed E-state index contributed by atoms with van der Waals surface area (Å²) in [4.78, 5) is 4.44. The zero-order valence-electron chi connectivity index (χ0n) is 12.0. The number of likely N-dealkylation sites (N-methyl/N-ethyl adjacent to an activating group) is 1. The van der Waals surface area contributed by atoms with E-state index in [9.17, 15) is 0 Å². The largest absolute Gasteiger partial charge is 0.314 e. The molecule has 0 aliphatic rings. The molecule has 2 nitrogen and oxygen atoms in total. The normalized spacial score (nSPS) is 12.7. The fourth-order valence-electron chi connectivity index (χ4n) is 2.61. The molecule has 0 saturated carbocycles. The van der Waals surface area contributed by atoms with E-state index >= 15 is 0 Å². The first kappa shape index (κ1) is 14.0. The van der Waals surface area contributed by atoms with E-state index < -0.39 is 0 Å². The van der Waals surface area contributed by atoms with E-state index in [0.29, 0.717) is 6.04 Å². The van der Waals surface area contributed by atoms with Gasteiger partial charge in [-0.1, -0.05) is 44.9 Å². The average molecular weight is 256 g/mol. The van der Waals surface area contributed by atoms with Crippen LogP contribution in [-0.2, 0) is 6.42 Å². The smallest absolute Gasteiger partial charge is 0.0704 e. The van der Waals surface area contributed by atoms with Crippen LogP contribution in [0, 0.1) is 0 Å². The molecule has 0 aliphatic carbocycles. The minimum absolute atomic E-state index is 0.579. The number of benzene rings is 1. The van der Waals surface area contributed by atoms with Crippen LogP contribution in [0.3, 0.4) is 0 Å². The van der Waals surface area contributed by atoms with Crippen molar-refractivity contribution in [3.05, 3.63) is 42.1 Å². The van der Waals surface area contributed by atoms with Gasteiger partial charge < -0.3 is 5.32 Å². The molecule has 1 aromatic carbocycles. The topological polar surface area (TPSA) is 24.9 Å². The fraction of sp³-hybridized carbons (Fsp3) is 0.471. The van der Waals surface area contributed by atoms with Gasteiger partial charge in [-0.3, -0.25) is 4.98 Å². The monoisotopic (exact) mass is 256 g/mol. The lowest BCUT2D eigenvalue weighted by Crippen LogP contribution is -2.31. The highest BCUT2D eigenvalue weighted by molar-refractivity contribution is 5.81. The number of rotatable bonds is 7. The summed E-state index contributed by atoms with van der Waals surface area (Å²) in [6.07, 6.45) is 6.83. The van der Waals surface area contributed by atoms with E-state index in [4.69, 9.17) is 0 Å². The molecule has 2 aromatic rings. The number of hydrogen-bond acceptors (Lipinski definition) is 2. The molecule has 1 heterocycles. The van der Waals surface area contributed by atoms with Crippen molar-refractivity contribution in [3.63, 3.8) is 0 Å². The van der Waals surface area contributed by atoms with Crippen molar-refractivity contribution < 1.29 is 0 Å². The van der Waals surface area contributed by atoms with Gasteiger partial charge in [0, 0.05) is 17.6 Å². The van der Waals surface area contributed by atoms with Gasteiger partial charge in [0.2, 0.25) is 0 Å². The maximum absolute atomic E-state index is 4.44. The number of nitrogens with one attached hydrogen (secondary N) is 1. The van der Waals surface area contributed by atoms with E-state index in [1.807, 2.05) is 6.20 Å². The van der Waals surface area contributed by atoms with Crippen molar-refractivity contribution in [1.82, 2.24) is 10.3 Å². The molecule has 2 heteroatoms. The summed E-state index contributed by atoms with van der Waals surface area (Å²) in [7, 11) is 0. The SMILES string of the molecule is CCCCC(Cc1ccnc2ccccc12)NCC. The Morgan fingerprint density at radius 2 is 2.00 bits per heavy atom. The third-order valence-electron chi connectivity index (χ3n) is 3.60. The highest BCUT2D eigenvalue weighted by atomic mass is 14.9. The number of pyridine rings is 1. The summed E-state index contributed by atoms with van der Waals surface area (Å²) in [6, 6.07) is 11.2. The number of para-hydroxylation sites is 1. The standard InChI is InChI=1S/C17H24N2/c1-3-5-8-15(18-4-2)13-14-11-12-19-17-10-7-6-9-16(14)17/h6-7,9-12,15,18H,3-5,8,13H2,1-2H3. The zero-order chi connectivity index (χ0) is 13.5. The number of nitrogens with zero attached hydrogens (tertiary/aromatic N) is 1. The summed E-state index contributed by atoms with van der Waals surface area (Å²) < 4.78 is 0. The van der Waals surface area contributed by atoms with Crippen molar-refractivity contribution in [2.45, 2.75) is 45.6 Å². The summed E-state index contributed by atoms with van der Waals surface area (Å²) in [5, 5.41) is 4.91. The van der Waals surface area contributed by atoms with Gasteiger partial charge in [0.25, 0.3) is 0 Å². The fourth-order valence-corrected chi connectivity index (χ4v) is 2.61. The molecule has 102 valence electrons. The summed E-state index contributed by atoms with van der Waals surface area (Å²) in [6.45, 7) is 5.48. The summed E-state index contributed by atoms with van der Waals surface area (Å²) in [5.74, 6) is 0. The molecule has 0 spiro atoms. The number of hydrogen-bond donors (Lipinski definition) is 1. The molecule has 0 fully saturated rings. The quantitative estimate of drug-likeness (QED) is 0.811. The molecule has 1 aromatic heterocycles. The van der Waals surface area contributed by atoms with Gasteiger partial charge in [-0.05, 0) is 37.1 Å². The van der Waals surface area contributed by atoms with Crippen molar-refractivity contribution in [3.8, 4) is 0 Å². The summed E-state index contributed by atoms with van der Waals surface area (Å²) in [5.41, 5.74) is 2.51. The van der Waals surface area contributed by atoms with E-state index in [1.165, 1.54) is 30.2 Å². The van der Waals surface area contributed by atoms with Gasteiger partial charge in [0.1, 0.15) is 0 Å². The van der Waals surface area contributed by atoms with Gasteiger partial charge in [-0.2, -0.15) is 0 Å². The third kappa shape index (κ3) is 3.77. The first-order chi connectivity index (χ1) is 9.35. The Morgan fingerprint density at radius 1 is 1.16 bits per heavy atom. The Kier molecular flexibility index (Phi) is 5.34. The summed E-state index contributed by atoms with van der Waals surface area (Å²) >= 11 is 0. The molecule has 0 aliphatic heterocycles. The first-order valence-electron chi connectivity index (χ1n) is 7.41. The Bertz CT molecular complexity index is 502. The second-order valence-corrected chi connectivity index (χ2v) is 5.09. The van der Waals surface area contributed by atoms with Crippen LogP contribution in [0.4, 0.5) is 0 Å². The van der Waals surface area contributed by atoms with E-state index in [0.717, 1.165) is 18.5 Å².